The van der Waals surface area contributed by atoms with E-state index in [0.717, 1.165) is 24.4 Å². The van der Waals surface area contributed by atoms with Crippen LogP contribution in [0, 0.1) is 10.1 Å². The fraction of sp³-hybridized carbons (Fsp3) is 0.364. The average molecular weight is 255 g/mol. The van der Waals surface area contributed by atoms with Gasteiger partial charge in [0, 0.05) is 17.6 Å². The maximum Gasteiger partial charge on any atom is 0.395 e. The summed E-state index contributed by atoms with van der Waals surface area (Å²) in [5.74, 6) is -0.462. The van der Waals surface area contributed by atoms with Crippen molar-refractivity contribution in [1.82, 2.24) is 0 Å². The molecule has 6 heteroatoms. The van der Waals surface area contributed by atoms with E-state index in [1.165, 1.54) is 6.92 Å². The molecule has 1 rings (SSSR count). The van der Waals surface area contributed by atoms with Crippen LogP contribution in [-0.2, 0) is 15.3 Å². The molecular weight excluding hydrogens is 242 g/mol. The first kappa shape index (κ1) is 13.5. The lowest BCUT2D eigenvalue weighted by Gasteiger charge is -2.17. The number of hydrogen-bond donors (Lipinski definition) is 0. The number of nitro groups is 1. The van der Waals surface area contributed by atoms with Crippen molar-refractivity contribution >= 4 is 17.7 Å². The summed E-state index contributed by atoms with van der Waals surface area (Å²) < 4.78 is 4.46. The Morgan fingerprint density at radius 2 is 2.06 bits per heavy atom. The zero-order valence-corrected chi connectivity index (χ0v) is 10.4. The molecule has 0 heterocycles. The number of nitrogens with zero attached hydrogens (tertiary/aromatic N) is 1. The predicted octanol–water partition coefficient (Wildman–Crippen LogP) is 2.09. The average Bonchev–Trinajstić information content (AvgIpc) is 2.35. The van der Waals surface area contributed by atoms with Crippen LogP contribution < -0.4 is 0 Å². The van der Waals surface area contributed by atoms with Crippen LogP contribution in [0.3, 0.4) is 0 Å². The van der Waals surface area contributed by atoms with Crippen LogP contribution in [0.25, 0.3) is 0 Å². The van der Waals surface area contributed by atoms with Crippen molar-refractivity contribution < 1.29 is 14.5 Å². The smallest absolute Gasteiger partial charge is 0.395 e. The number of hydrogen-bond acceptors (Lipinski definition) is 5. The molecule has 0 amide bonds. The maximum absolute atomic E-state index is 11.4. The van der Waals surface area contributed by atoms with Crippen LogP contribution in [0.1, 0.15) is 12.5 Å². The molecule has 1 atom stereocenters. The Hall–Kier alpha value is -1.56. The minimum absolute atomic E-state index is 0.382. The number of carbonyl (C=O) groups excluding carboxylic acids is 1. The second-order valence-electron chi connectivity index (χ2n) is 3.51. The molecule has 0 saturated carbocycles. The Labute approximate surface area is 103 Å². The first-order chi connectivity index (χ1) is 8.00. The highest BCUT2D eigenvalue weighted by molar-refractivity contribution is 8.00. The van der Waals surface area contributed by atoms with Crippen molar-refractivity contribution in [2.75, 3.05) is 7.11 Å². The summed E-state index contributed by atoms with van der Waals surface area (Å²) in [4.78, 5) is 20.0. The summed E-state index contributed by atoms with van der Waals surface area (Å²) in [6, 6.07) is 9.26. The van der Waals surface area contributed by atoms with E-state index in [1.54, 1.807) is 0 Å². The molecule has 5 nitrogen and oxygen atoms in total. The third-order valence-electron chi connectivity index (χ3n) is 2.28. The van der Waals surface area contributed by atoms with E-state index in [1.807, 2.05) is 30.3 Å². The molecule has 0 aromatic heterocycles. The number of benzene rings is 1. The van der Waals surface area contributed by atoms with Crippen molar-refractivity contribution in [2.45, 2.75) is 17.5 Å². The normalized spacial score (nSPS) is 13.8. The van der Waals surface area contributed by atoms with Crippen LogP contribution in [0.4, 0.5) is 0 Å². The van der Waals surface area contributed by atoms with Gasteiger partial charge in [0.05, 0.1) is 7.11 Å². The van der Waals surface area contributed by atoms with E-state index in [9.17, 15) is 14.9 Å². The van der Waals surface area contributed by atoms with E-state index in [4.69, 9.17) is 0 Å². The number of methoxy groups -OCH3 is 1. The molecule has 0 bridgehead atoms. The largest absolute Gasteiger partial charge is 0.463 e. The molecule has 92 valence electrons. The summed E-state index contributed by atoms with van der Waals surface area (Å²) in [5, 5.41) is 10.9. The minimum Gasteiger partial charge on any atom is -0.463 e. The highest BCUT2D eigenvalue weighted by Gasteiger charge is 2.48. The maximum atomic E-state index is 11.4. The lowest BCUT2D eigenvalue weighted by molar-refractivity contribution is -0.520. The Morgan fingerprint density at radius 1 is 1.47 bits per heavy atom. The van der Waals surface area contributed by atoms with Gasteiger partial charge in [-0.05, 0) is 5.56 Å². The standard InChI is InChI=1S/C11H13NO4S/c1-11(12(14)15,10(13)16-2)17-8-9-6-4-3-5-7-9/h3-7H,8H2,1-2H3. The molecule has 0 radical (unpaired) electrons. The molecule has 0 N–H and O–H groups in total. The van der Waals surface area contributed by atoms with Gasteiger partial charge in [-0.15, -0.1) is 0 Å². The first-order valence-electron chi connectivity index (χ1n) is 4.91. The number of rotatable bonds is 5. The summed E-state index contributed by atoms with van der Waals surface area (Å²) in [6.45, 7) is 1.26. The van der Waals surface area contributed by atoms with E-state index >= 15 is 0 Å². The highest BCUT2D eigenvalue weighted by atomic mass is 32.2. The summed E-state index contributed by atoms with van der Waals surface area (Å²) in [6.07, 6.45) is 0. The summed E-state index contributed by atoms with van der Waals surface area (Å²) in [5.41, 5.74) is 0.925. The van der Waals surface area contributed by atoms with Crippen molar-refractivity contribution in [3.05, 3.63) is 46.0 Å². The van der Waals surface area contributed by atoms with Crippen molar-refractivity contribution in [3.63, 3.8) is 0 Å². The molecule has 0 saturated heterocycles. The van der Waals surface area contributed by atoms with Crippen molar-refractivity contribution in [3.8, 4) is 0 Å². The quantitative estimate of drug-likeness (QED) is 0.349. The van der Waals surface area contributed by atoms with Crippen LogP contribution >= 0.6 is 11.8 Å². The lowest BCUT2D eigenvalue weighted by atomic mass is 10.2. The third kappa shape index (κ3) is 3.20. The van der Waals surface area contributed by atoms with Gasteiger partial charge in [0.1, 0.15) is 0 Å². The number of thioether (sulfide) groups is 1. The fourth-order valence-electron chi connectivity index (χ4n) is 1.17. The van der Waals surface area contributed by atoms with Gasteiger partial charge < -0.3 is 4.74 Å². The van der Waals surface area contributed by atoms with Gasteiger partial charge in [0.2, 0.25) is 0 Å². The van der Waals surface area contributed by atoms with Crippen molar-refractivity contribution in [2.24, 2.45) is 0 Å². The Balaban J connectivity index is 2.76. The lowest BCUT2D eigenvalue weighted by Crippen LogP contribution is -2.41. The number of ether oxygens (including phenoxy) is 1. The summed E-state index contributed by atoms with van der Waals surface area (Å²) >= 11 is 0.944. The van der Waals surface area contributed by atoms with E-state index in [0.29, 0.717) is 5.75 Å². The molecule has 0 aliphatic heterocycles. The van der Waals surface area contributed by atoms with Gasteiger partial charge in [0.25, 0.3) is 0 Å². The second kappa shape index (κ2) is 5.67. The van der Waals surface area contributed by atoms with Crippen LogP contribution in [0.2, 0.25) is 0 Å². The second-order valence-corrected chi connectivity index (χ2v) is 4.88. The van der Waals surface area contributed by atoms with Crippen LogP contribution in [-0.4, -0.2) is 22.9 Å². The molecule has 1 aromatic carbocycles. The Morgan fingerprint density at radius 3 is 2.53 bits per heavy atom. The molecule has 0 aliphatic carbocycles. The van der Waals surface area contributed by atoms with Crippen LogP contribution in [0.15, 0.2) is 30.3 Å². The van der Waals surface area contributed by atoms with E-state index in [-0.39, 0.29) is 0 Å². The molecule has 1 aromatic rings. The number of esters is 1. The third-order valence-corrected chi connectivity index (χ3v) is 3.63. The molecular formula is C11H13NO4S. The zero-order valence-electron chi connectivity index (χ0n) is 9.58. The minimum atomic E-state index is -1.76. The summed E-state index contributed by atoms with van der Waals surface area (Å²) in [7, 11) is 1.15. The first-order valence-corrected chi connectivity index (χ1v) is 5.90. The molecule has 17 heavy (non-hydrogen) atoms. The zero-order chi connectivity index (χ0) is 12.9. The Kier molecular flexibility index (Phi) is 4.51. The molecule has 0 spiro atoms. The van der Waals surface area contributed by atoms with Gasteiger partial charge in [-0.1, -0.05) is 42.1 Å². The van der Waals surface area contributed by atoms with Crippen LogP contribution in [0.5, 0.6) is 0 Å². The van der Waals surface area contributed by atoms with Crippen molar-refractivity contribution in [1.29, 1.82) is 0 Å². The highest BCUT2D eigenvalue weighted by Crippen LogP contribution is 2.30. The van der Waals surface area contributed by atoms with Gasteiger partial charge in [0.15, 0.2) is 0 Å². The fourth-order valence-corrected chi connectivity index (χ4v) is 2.12. The van der Waals surface area contributed by atoms with Gasteiger partial charge >= 0.3 is 10.8 Å². The monoisotopic (exact) mass is 255 g/mol. The van der Waals surface area contributed by atoms with Gasteiger partial charge in [-0.3, -0.25) is 10.1 Å². The van der Waals surface area contributed by atoms with E-state index in [2.05, 4.69) is 4.74 Å². The van der Waals surface area contributed by atoms with Gasteiger partial charge in [-0.25, -0.2) is 4.79 Å². The van der Waals surface area contributed by atoms with Gasteiger partial charge in [-0.2, -0.15) is 0 Å². The molecule has 0 fully saturated rings. The molecule has 1 unspecified atom stereocenters. The predicted molar refractivity (Wildman–Crippen MR) is 65.2 cm³/mol. The Bertz CT molecular complexity index is 409. The van der Waals surface area contributed by atoms with E-state index < -0.39 is 15.8 Å². The SMILES string of the molecule is COC(=O)C(C)(SCc1ccccc1)[N+](=O)[O-]. The molecule has 0 aliphatic rings. The topological polar surface area (TPSA) is 69.4 Å². The number of carbonyl (C=O) groups is 1.